The van der Waals surface area contributed by atoms with E-state index < -0.39 is 6.43 Å². The number of thiocarbonyl (C=S) groups is 1. The number of methoxy groups -OCH3 is 2. The second-order valence-electron chi connectivity index (χ2n) is 5.86. The highest BCUT2D eigenvalue weighted by atomic mass is 32.1. The largest absolute Gasteiger partial charge is 0.496 e. The van der Waals surface area contributed by atoms with Crippen LogP contribution in [0.2, 0.25) is 0 Å². The fourth-order valence-electron chi connectivity index (χ4n) is 2.76. The minimum absolute atomic E-state index is 0.0311. The van der Waals surface area contributed by atoms with Crippen molar-refractivity contribution in [3.63, 3.8) is 0 Å². The van der Waals surface area contributed by atoms with Crippen molar-refractivity contribution in [1.29, 1.82) is 0 Å². The number of rotatable bonds is 7. The van der Waals surface area contributed by atoms with Crippen LogP contribution >= 0.6 is 12.2 Å². The molecule has 0 aliphatic carbocycles. The molecule has 2 aromatic rings. The SMILES string of the molecule is CCc1cc(C(F)F)c(OCc2c(NC(=S)OC)cccc2OC)cc1C. The molecule has 0 aliphatic rings. The summed E-state index contributed by atoms with van der Waals surface area (Å²) in [5, 5.41) is 3.12. The topological polar surface area (TPSA) is 39.7 Å². The highest BCUT2D eigenvalue weighted by molar-refractivity contribution is 7.80. The second kappa shape index (κ2) is 9.50. The first-order valence-corrected chi connectivity index (χ1v) is 8.87. The van der Waals surface area contributed by atoms with Crippen LogP contribution in [0, 0.1) is 6.92 Å². The summed E-state index contributed by atoms with van der Waals surface area (Å²) in [5.74, 6) is 0.713. The smallest absolute Gasteiger partial charge is 0.267 e. The molecule has 7 heteroatoms. The lowest BCUT2D eigenvalue weighted by Crippen LogP contribution is -2.13. The molecule has 0 radical (unpaired) electrons. The molecule has 0 heterocycles. The van der Waals surface area contributed by atoms with Gasteiger partial charge in [0, 0.05) is 0 Å². The molecule has 0 amide bonds. The summed E-state index contributed by atoms with van der Waals surface area (Å²) in [4.78, 5) is 0. The second-order valence-corrected chi connectivity index (χ2v) is 6.23. The van der Waals surface area contributed by atoms with Gasteiger partial charge in [0.1, 0.15) is 18.1 Å². The van der Waals surface area contributed by atoms with E-state index >= 15 is 0 Å². The predicted octanol–water partition coefficient (Wildman–Crippen LogP) is 5.43. The summed E-state index contributed by atoms with van der Waals surface area (Å²) in [7, 11) is 2.99. The average Bonchev–Trinajstić information content (AvgIpc) is 2.66. The Kier molecular flexibility index (Phi) is 7.36. The summed E-state index contributed by atoms with van der Waals surface area (Å²) >= 11 is 5.04. The third kappa shape index (κ3) is 5.07. The minimum atomic E-state index is -2.62. The van der Waals surface area contributed by atoms with Gasteiger partial charge in [-0.1, -0.05) is 13.0 Å². The minimum Gasteiger partial charge on any atom is -0.496 e. The molecule has 0 aliphatic heterocycles. The number of hydrogen-bond acceptors (Lipinski definition) is 4. The van der Waals surface area contributed by atoms with Crippen LogP contribution in [0.3, 0.4) is 0 Å². The predicted molar refractivity (Wildman–Crippen MR) is 106 cm³/mol. The van der Waals surface area contributed by atoms with E-state index in [0.717, 1.165) is 11.1 Å². The Balaban J connectivity index is 2.36. The summed E-state index contributed by atoms with van der Waals surface area (Å²) < 4.78 is 43.1. The molecular formula is C20H23F2NO3S. The third-order valence-corrected chi connectivity index (χ3v) is 4.50. The molecule has 0 aromatic heterocycles. The fraction of sp³-hybridized carbons (Fsp3) is 0.350. The molecular weight excluding hydrogens is 372 g/mol. The van der Waals surface area contributed by atoms with Crippen molar-refractivity contribution in [2.24, 2.45) is 0 Å². The van der Waals surface area contributed by atoms with Gasteiger partial charge in [0.15, 0.2) is 0 Å². The summed E-state index contributed by atoms with van der Waals surface area (Å²) in [5.41, 5.74) is 2.95. The number of anilines is 1. The maximum absolute atomic E-state index is 13.5. The van der Waals surface area contributed by atoms with Crippen molar-refractivity contribution in [1.82, 2.24) is 0 Å². The number of benzene rings is 2. The van der Waals surface area contributed by atoms with Crippen LogP contribution in [0.15, 0.2) is 30.3 Å². The zero-order valence-electron chi connectivity index (χ0n) is 15.8. The van der Waals surface area contributed by atoms with Gasteiger partial charge >= 0.3 is 0 Å². The summed E-state index contributed by atoms with van der Waals surface area (Å²) in [6.07, 6.45) is -1.94. The van der Waals surface area contributed by atoms with Crippen molar-refractivity contribution in [3.05, 3.63) is 52.6 Å². The van der Waals surface area contributed by atoms with Crippen LogP contribution in [-0.4, -0.2) is 19.4 Å². The van der Waals surface area contributed by atoms with E-state index in [0.29, 0.717) is 23.4 Å². The van der Waals surface area contributed by atoms with E-state index in [1.165, 1.54) is 20.3 Å². The molecule has 0 fully saturated rings. The van der Waals surface area contributed by atoms with E-state index in [-0.39, 0.29) is 23.1 Å². The van der Waals surface area contributed by atoms with E-state index in [4.69, 9.17) is 26.4 Å². The van der Waals surface area contributed by atoms with Gasteiger partial charge in [0.2, 0.25) is 0 Å². The number of aryl methyl sites for hydroxylation is 2. The highest BCUT2D eigenvalue weighted by Crippen LogP contribution is 2.34. The molecule has 0 bridgehead atoms. The van der Waals surface area contributed by atoms with Gasteiger partial charge < -0.3 is 19.5 Å². The monoisotopic (exact) mass is 395 g/mol. The molecule has 27 heavy (non-hydrogen) atoms. The van der Waals surface area contributed by atoms with Crippen LogP contribution in [0.4, 0.5) is 14.5 Å². The van der Waals surface area contributed by atoms with Gasteiger partial charge in [-0.05, 0) is 61.0 Å². The van der Waals surface area contributed by atoms with E-state index in [1.807, 2.05) is 13.8 Å². The number of halogens is 2. The zero-order valence-corrected chi connectivity index (χ0v) is 16.6. The van der Waals surface area contributed by atoms with E-state index in [2.05, 4.69) is 5.32 Å². The Labute approximate surface area is 163 Å². The molecule has 146 valence electrons. The number of ether oxygens (including phenoxy) is 3. The van der Waals surface area contributed by atoms with Crippen LogP contribution in [0.25, 0.3) is 0 Å². The molecule has 4 nitrogen and oxygen atoms in total. The first-order chi connectivity index (χ1) is 12.9. The Morgan fingerprint density at radius 2 is 1.93 bits per heavy atom. The van der Waals surface area contributed by atoms with Crippen molar-refractivity contribution in [2.45, 2.75) is 33.3 Å². The summed E-state index contributed by atoms with van der Waals surface area (Å²) in [6.45, 7) is 3.85. The van der Waals surface area contributed by atoms with Crippen molar-refractivity contribution < 1.29 is 23.0 Å². The first-order valence-electron chi connectivity index (χ1n) is 8.46. The highest BCUT2D eigenvalue weighted by Gasteiger charge is 2.18. The molecule has 0 atom stereocenters. The molecule has 2 rings (SSSR count). The standard InChI is InChI=1S/C20H23F2NO3S/c1-5-13-10-14(19(21)22)18(9-12(13)2)26-11-15-16(23-20(27)25-4)7-6-8-17(15)24-3/h6-10,19H,5,11H2,1-4H3,(H,23,27). The van der Waals surface area contributed by atoms with Gasteiger partial charge in [-0.2, -0.15) is 0 Å². The maximum atomic E-state index is 13.5. The molecule has 0 unspecified atom stereocenters. The lowest BCUT2D eigenvalue weighted by Gasteiger charge is -2.18. The maximum Gasteiger partial charge on any atom is 0.267 e. The molecule has 0 saturated heterocycles. The lowest BCUT2D eigenvalue weighted by atomic mass is 10.0. The van der Waals surface area contributed by atoms with E-state index in [9.17, 15) is 8.78 Å². The molecule has 2 aromatic carbocycles. The number of hydrogen-bond donors (Lipinski definition) is 1. The van der Waals surface area contributed by atoms with Crippen molar-refractivity contribution in [3.8, 4) is 11.5 Å². The Bertz CT molecular complexity index is 812. The van der Waals surface area contributed by atoms with Crippen LogP contribution in [0.5, 0.6) is 11.5 Å². The number of alkyl halides is 2. The number of nitrogens with one attached hydrogen (secondary N) is 1. The van der Waals surface area contributed by atoms with Crippen molar-refractivity contribution >= 4 is 23.1 Å². The first kappa shape index (κ1) is 20.9. The molecule has 0 saturated carbocycles. The van der Waals surface area contributed by atoms with Crippen molar-refractivity contribution in [2.75, 3.05) is 19.5 Å². The van der Waals surface area contributed by atoms with Crippen LogP contribution < -0.4 is 14.8 Å². The Morgan fingerprint density at radius 1 is 1.19 bits per heavy atom. The van der Waals surface area contributed by atoms with E-state index in [1.54, 1.807) is 24.3 Å². The van der Waals surface area contributed by atoms with Crippen LogP contribution in [-0.2, 0) is 17.8 Å². The van der Waals surface area contributed by atoms with Gasteiger partial charge in [-0.3, -0.25) is 0 Å². The average molecular weight is 395 g/mol. The molecule has 0 spiro atoms. The third-order valence-electron chi connectivity index (χ3n) is 4.23. The molecule has 1 N–H and O–H groups in total. The zero-order chi connectivity index (χ0) is 20.0. The van der Waals surface area contributed by atoms with Crippen LogP contribution in [0.1, 0.15) is 35.6 Å². The van der Waals surface area contributed by atoms with Gasteiger partial charge in [0.25, 0.3) is 11.6 Å². The van der Waals surface area contributed by atoms with Gasteiger partial charge in [-0.15, -0.1) is 0 Å². The Hall–Kier alpha value is -2.41. The lowest BCUT2D eigenvalue weighted by molar-refractivity contribution is 0.144. The fourth-order valence-corrected chi connectivity index (χ4v) is 2.87. The quantitative estimate of drug-likeness (QED) is 0.634. The normalized spacial score (nSPS) is 10.6. The van der Waals surface area contributed by atoms with Gasteiger partial charge in [-0.25, -0.2) is 8.78 Å². The summed E-state index contributed by atoms with van der Waals surface area (Å²) in [6, 6.07) is 8.50. The Morgan fingerprint density at radius 3 is 2.52 bits per heavy atom. The van der Waals surface area contributed by atoms with Gasteiger partial charge in [0.05, 0.1) is 31.0 Å².